The topological polar surface area (TPSA) is 80.0 Å². The Bertz CT molecular complexity index is 902. The predicted molar refractivity (Wildman–Crippen MR) is 93.9 cm³/mol. The number of alkyl halides is 2. The van der Waals surface area contributed by atoms with Crippen LogP contribution in [0.25, 0.3) is 0 Å². The number of hydrogen-bond acceptors (Lipinski definition) is 5. The Morgan fingerprint density at radius 1 is 1.41 bits per heavy atom. The molecule has 0 spiro atoms. The summed E-state index contributed by atoms with van der Waals surface area (Å²) in [4.78, 5) is 12.5. The maximum absolute atomic E-state index is 13.2. The number of hydrazone groups is 1. The van der Waals surface area contributed by atoms with Crippen LogP contribution in [0, 0.1) is 6.92 Å². The Morgan fingerprint density at radius 3 is 2.81 bits per heavy atom. The number of aliphatic hydroxyl groups is 1. The van der Waals surface area contributed by atoms with Crippen molar-refractivity contribution in [2.75, 3.05) is 0 Å². The van der Waals surface area contributed by atoms with E-state index in [9.17, 15) is 18.7 Å². The van der Waals surface area contributed by atoms with E-state index in [2.05, 4.69) is 10.2 Å². The molecule has 144 valence electrons. The number of ether oxygens (including phenoxy) is 1. The molecule has 0 unspecified atom stereocenters. The molecule has 0 fully saturated rings. The van der Waals surface area contributed by atoms with E-state index in [0.717, 1.165) is 5.56 Å². The Hall–Kier alpha value is -2.52. The second-order valence-electron chi connectivity index (χ2n) is 6.23. The van der Waals surface area contributed by atoms with Crippen molar-refractivity contribution in [2.24, 2.45) is 5.10 Å². The summed E-state index contributed by atoms with van der Waals surface area (Å²) in [5.74, 6) is -0.358. The molecule has 0 bridgehead atoms. The molecule has 0 aliphatic carbocycles. The van der Waals surface area contributed by atoms with Crippen LogP contribution in [0.3, 0.4) is 0 Å². The van der Waals surface area contributed by atoms with Crippen molar-refractivity contribution in [3.05, 3.63) is 46.7 Å². The number of nitrogens with zero attached hydrogens (tertiary/aromatic N) is 4. The smallest absolute Gasteiger partial charge is 0.297 e. The monoisotopic (exact) mass is 398 g/mol. The first-order chi connectivity index (χ1) is 12.7. The number of amides is 1. The Morgan fingerprint density at radius 2 is 2.15 bits per heavy atom. The van der Waals surface area contributed by atoms with Gasteiger partial charge in [-0.15, -0.1) is 0 Å². The number of aromatic nitrogens is 2. The van der Waals surface area contributed by atoms with Gasteiger partial charge in [0.1, 0.15) is 5.75 Å². The molecule has 7 nitrogen and oxygen atoms in total. The summed E-state index contributed by atoms with van der Waals surface area (Å²) >= 11 is 5.95. The summed E-state index contributed by atoms with van der Waals surface area (Å²) in [6.45, 7) is 3.29. The van der Waals surface area contributed by atoms with Crippen LogP contribution in [-0.2, 0) is 6.73 Å². The zero-order valence-electron chi connectivity index (χ0n) is 14.6. The van der Waals surface area contributed by atoms with Crippen molar-refractivity contribution >= 4 is 23.2 Å². The van der Waals surface area contributed by atoms with Gasteiger partial charge in [-0.3, -0.25) is 4.79 Å². The molecule has 3 rings (SSSR count). The van der Waals surface area contributed by atoms with Gasteiger partial charge < -0.3 is 9.84 Å². The van der Waals surface area contributed by atoms with Gasteiger partial charge in [-0.2, -0.15) is 15.2 Å². The molecule has 1 aliphatic heterocycles. The van der Waals surface area contributed by atoms with Gasteiger partial charge in [0.25, 0.3) is 12.3 Å². The lowest BCUT2D eigenvalue weighted by molar-refractivity contribution is -0.164. The number of carbonyl (C=O) groups is 1. The van der Waals surface area contributed by atoms with Crippen LogP contribution in [0.1, 0.15) is 29.4 Å². The second-order valence-corrected chi connectivity index (χ2v) is 6.64. The lowest BCUT2D eigenvalue weighted by atomic mass is 10.1. The standard InChI is InChI=1S/C17H17ClF2N4O3/c1-10-7-12(3-4-13(10)18)27-9-23-6-5-14(22-23)15(25)24-17(26,16(19)20)8-11(2)21-24/h3-7,16,26H,8-9H2,1-2H3/t17-/m0/s1. The van der Waals surface area contributed by atoms with Crippen molar-refractivity contribution in [3.63, 3.8) is 0 Å². The van der Waals surface area contributed by atoms with E-state index in [1.807, 2.05) is 6.92 Å². The highest BCUT2D eigenvalue weighted by Gasteiger charge is 2.51. The minimum Gasteiger partial charge on any atom is -0.471 e. The second kappa shape index (κ2) is 7.24. The van der Waals surface area contributed by atoms with Gasteiger partial charge in [0, 0.05) is 23.4 Å². The minimum atomic E-state index is -3.17. The van der Waals surface area contributed by atoms with Crippen molar-refractivity contribution in [1.29, 1.82) is 0 Å². The van der Waals surface area contributed by atoms with Crippen LogP contribution in [0.15, 0.2) is 35.6 Å². The summed E-state index contributed by atoms with van der Waals surface area (Å²) in [5, 5.41) is 18.9. The maximum Gasteiger partial charge on any atom is 0.297 e. The highest BCUT2D eigenvalue weighted by atomic mass is 35.5. The first-order valence-corrected chi connectivity index (χ1v) is 8.40. The number of aryl methyl sites for hydroxylation is 1. The Balaban J connectivity index is 1.71. The van der Waals surface area contributed by atoms with Gasteiger partial charge in [-0.1, -0.05) is 11.6 Å². The molecule has 1 amide bonds. The average Bonchev–Trinajstić information content (AvgIpc) is 3.20. The normalized spacial score (nSPS) is 19.5. The Labute approximate surface area is 158 Å². The third-order valence-corrected chi connectivity index (χ3v) is 4.47. The SMILES string of the molecule is CC1=NN(C(=O)c2ccn(COc3ccc(Cl)c(C)c3)n2)[C@@](O)(C(F)F)C1. The molecule has 1 N–H and O–H groups in total. The van der Waals surface area contributed by atoms with Crippen LogP contribution in [-0.4, -0.2) is 43.7 Å². The van der Waals surface area contributed by atoms with Crippen LogP contribution in [0.5, 0.6) is 5.75 Å². The van der Waals surface area contributed by atoms with Crippen molar-refractivity contribution in [2.45, 2.75) is 39.1 Å². The van der Waals surface area contributed by atoms with Crippen molar-refractivity contribution in [1.82, 2.24) is 14.8 Å². The fourth-order valence-electron chi connectivity index (χ4n) is 2.64. The van der Waals surface area contributed by atoms with Crippen LogP contribution >= 0.6 is 11.6 Å². The molecule has 0 saturated heterocycles. The minimum absolute atomic E-state index is 0.00420. The Kier molecular flexibility index (Phi) is 5.16. The summed E-state index contributed by atoms with van der Waals surface area (Å²) in [5.41, 5.74) is -1.73. The van der Waals surface area contributed by atoms with Gasteiger partial charge in [0.15, 0.2) is 12.4 Å². The van der Waals surface area contributed by atoms with Crippen LogP contribution in [0.2, 0.25) is 5.02 Å². The van der Waals surface area contributed by atoms with E-state index in [1.165, 1.54) is 23.9 Å². The number of rotatable bonds is 5. The summed E-state index contributed by atoms with van der Waals surface area (Å²) in [6.07, 6.45) is -2.12. The summed E-state index contributed by atoms with van der Waals surface area (Å²) < 4.78 is 33.3. The first kappa shape index (κ1) is 19.2. The van der Waals surface area contributed by atoms with Gasteiger partial charge in [0.2, 0.25) is 5.72 Å². The lowest BCUT2D eigenvalue weighted by Crippen LogP contribution is -2.51. The molecule has 1 aliphatic rings. The van der Waals surface area contributed by atoms with Crippen LogP contribution < -0.4 is 4.74 Å². The van der Waals surface area contributed by atoms with Gasteiger partial charge in [-0.05, 0) is 43.7 Å². The molecule has 0 radical (unpaired) electrons. The van der Waals surface area contributed by atoms with E-state index in [4.69, 9.17) is 16.3 Å². The van der Waals surface area contributed by atoms with E-state index in [1.54, 1.807) is 18.2 Å². The zero-order chi connectivity index (χ0) is 19.8. The molecule has 1 atom stereocenters. The number of benzene rings is 1. The number of carbonyl (C=O) groups excluding carboxylic acids is 1. The molecule has 27 heavy (non-hydrogen) atoms. The first-order valence-electron chi connectivity index (χ1n) is 8.02. The molecule has 10 heteroatoms. The predicted octanol–water partition coefficient (Wildman–Crippen LogP) is 3.06. The fraction of sp³-hybridized carbons (Fsp3) is 0.353. The van der Waals surface area contributed by atoms with E-state index >= 15 is 0 Å². The molecule has 1 aromatic carbocycles. The van der Waals surface area contributed by atoms with Gasteiger partial charge in [0.05, 0.1) is 0 Å². The van der Waals surface area contributed by atoms with E-state index in [0.29, 0.717) is 15.8 Å². The number of halogens is 3. The average molecular weight is 399 g/mol. The van der Waals surface area contributed by atoms with E-state index in [-0.39, 0.29) is 18.1 Å². The highest BCUT2D eigenvalue weighted by molar-refractivity contribution is 6.31. The van der Waals surface area contributed by atoms with E-state index < -0.39 is 24.5 Å². The van der Waals surface area contributed by atoms with Gasteiger partial charge in [-0.25, -0.2) is 13.5 Å². The highest BCUT2D eigenvalue weighted by Crippen LogP contribution is 2.32. The zero-order valence-corrected chi connectivity index (χ0v) is 15.3. The maximum atomic E-state index is 13.2. The van der Waals surface area contributed by atoms with Crippen molar-refractivity contribution < 1.29 is 23.4 Å². The third kappa shape index (κ3) is 3.79. The largest absolute Gasteiger partial charge is 0.471 e. The molecular weight excluding hydrogens is 382 g/mol. The quantitative estimate of drug-likeness (QED) is 0.839. The van der Waals surface area contributed by atoms with Gasteiger partial charge >= 0.3 is 0 Å². The van der Waals surface area contributed by atoms with Crippen LogP contribution in [0.4, 0.5) is 8.78 Å². The molecular formula is C17H17ClF2N4O3. The molecule has 1 aromatic heterocycles. The number of hydrogen-bond donors (Lipinski definition) is 1. The molecule has 0 saturated carbocycles. The molecule has 2 aromatic rings. The third-order valence-electron chi connectivity index (χ3n) is 4.05. The fourth-order valence-corrected chi connectivity index (χ4v) is 2.76. The molecule has 2 heterocycles. The summed E-state index contributed by atoms with van der Waals surface area (Å²) in [6, 6.07) is 6.48. The lowest BCUT2D eigenvalue weighted by Gasteiger charge is -2.29. The van der Waals surface area contributed by atoms with Crippen molar-refractivity contribution in [3.8, 4) is 5.75 Å². The summed E-state index contributed by atoms with van der Waals surface area (Å²) in [7, 11) is 0.